The molecule has 0 amide bonds. The quantitative estimate of drug-likeness (QED) is 0.449. The molecule has 0 atom stereocenters. The highest BCUT2D eigenvalue weighted by molar-refractivity contribution is 7.92. The lowest BCUT2D eigenvalue weighted by Crippen LogP contribution is -2.45. The van der Waals surface area contributed by atoms with E-state index in [0.29, 0.717) is 23.3 Å². The first-order valence-corrected chi connectivity index (χ1v) is 12.6. The van der Waals surface area contributed by atoms with E-state index in [9.17, 15) is 18.5 Å². The van der Waals surface area contributed by atoms with E-state index in [0.717, 1.165) is 49.3 Å². The summed E-state index contributed by atoms with van der Waals surface area (Å²) in [6.07, 6.45) is 5.96. The molecule has 0 unspecified atom stereocenters. The number of hydrogen-bond acceptors (Lipinski definition) is 7. The van der Waals surface area contributed by atoms with E-state index >= 15 is 0 Å². The number of sulfonamides is 1. The summed E-state index contributed by atoms with van der Waals surface area (Å²) >= 11 is 0. The zero-order chi connectivity index (χ0) is 23.2. The molecule has 0 radical (unpaired) electrons. The fourth-order valence-corrected chi connectivity index (χ4v) is 6.85. The zero-order valence-electron chi connectivity index (χ0n) is 18.2. The number of rotatable bonds is 7. The largest absolute Gasteiger partial charge is 0.497 e. The molecule has 10 heteroatoms. The van der Waals surface area contributed by atoms with Gasteiger partial charge in [0.05, 0.1) is 16.9 Å². The summed E-state index contributed by atoms with van der Waals surface area (Å²) < 4.78 is 33.1. The van der Waals surface area contributed by atoms with Crippen LogP contribution < -0.4 is 14.9 Å². The molecule has 0 aromatic heterocycles. The molecule has 2 aromatic rings. The van der Waals surface area contributed by atoms with Crippen molar-refractivity contribution in [3.63, 3.8) is 0 Å². The lowest BCUT2D eigenvalue weighted by atomic mass is 9.55. The van der Waals surface area contributed by atoms with Crippen molar-refractivity contribution < 1.29 is 18.1 Å². The Morgan fingerprint density at radius 1 is 1.00 bits per heavy atom. The number of hydrogen-bond donors (Lipinski definition) is 2. The third-order valence-corrected chi connectivity index (χ3v) is 8.48. The lowest BCUT2D eigenvalue weighted by Gasteiger charge is -2.50. The van der Waals surface area contributed by atoms with Crippen LogP contribution in [-0.2, 0) is 10.0 Å². The Bertz CT molecular complexity index is 1180. The van der Waals surface area contributed by atoms with E-state index in [1.807, 2.05) is 0 Å². The van der Waals surface area contributed by atoms with Gasteiger partial charge in [-0.15, -0.1) is 0 Å². The molecule has 9 nitrogen and oxygen atoms in total. The second-order valence-corrected chi connectivity index (χ2v) is 10.9. The fourth-order valence-electron chi connectivity index (χ4n) is 5.77. The molecule has 0 saturated heterocycles. The maximum Gasteiger partial charge on any atom is 0.295 e. The minimum absolute atomic E-state index is 0.185. The van der Waals surface area contributed by atoms with Gasteiger partial charge in [0.2, 0.25) is 0 Å². The van der Waals surface area contributed by atoms with Crippen LogP contribution in [0.1, 0.15) is 32.1 Å². The SMILES string of the molecule is COc1ccc(NS(=O)(=O)c2ccc(NN=C3C4CC5CC(C4)CC3C5)c([N+](=O)[O-])c2)cc1. The van der Waals surface area contributed by atoms with Crippen LogP contribution in [0, 0.1) is 33.8 Å². The van der Waals surface area contributed by atoms with Crippen LogP contribution in [0.25, 0.3) is 0 Å². The summed E-state index contributed by atoms with van der Waals surface area (Å²) in [6, 6.07) is 10.2. The highest BCUT2D eigenvalue weighted by atomic mass is 32.2. The number of anilines is 2. The molecule has 0 spiro atoms. The van der Waals surface area contributed by atoms with Gasteiger partial charge < -0.3 is 4.74 Å². The highest BCUT2D eigenvalue weighted by Gasteiger charge is 2.46. The van der Waals surface area contributed by atoms with Gasteiger partial charge in [-0.2, -0.15) is 5.10 Å². The average Bonchev–Trinajstić information content (AvgIpc) is 2.78. The Morgan fingerprint density at radius 2 is 1.64 bits per heavy atom. The molecule has 4 aliphatic rings. The maximum absolute atomic E-state index is 12.8. The predicted molar refractivity (Wildman–Crippen MR) is 125 cm³/mol. The van der Waals surface area contributed by atoms with E-state index in [4.69, 9.17) is 4.74 Å². The van der Waals surface area contributed by atoms with Gasteiger partial charge in [-0.3, -0.25) is 20.3 Å². The van der Waals surface area contributed by atoms with Crippen LogP contribution in [-0.4, -0.2) is 26.2 Å². The molecule has 4 aliphatic carbocycles. The Kier molecular flexibility index (Phi) is 5.48. The minimum Gasteiger partial charge on any atom is -0.497 e. The molecule has 0 heterocycles. The fraction of sp³-hybridized carbons (Fsp3) is 0.435. The Balaban J connectivity index is 1.37. The number of ether oxygens (including phenoxy) is 1. The lowest BCUT2D eigenvalue weighted by molar-refractivity contribution is -0.384. The first-order chi connectivity index (χ1) is 15.8. The third kappa shape index (κ3) is 4.27. The first-order valence-electron chi connectivity index (χ1n) is 11.1. The summed E-state index contributed by atoms with van der Waals surface area (Å²) in [5.41, 5.74) is 4.18. The molecule has 4 bridgehead atoms. The average molecular weight is 471 g/mol. The van der Waals surface area contributed by atoms with Crippen LogP contribution >= 0.6 is 0 Å². The number of hydrazone groups is 1. The van der Waals surface area contributed by atoms with Crippen molar-refractivity contribution in [2.75, 3.05) is 17.3 Å². The number of nitrogens with one attached hydrogen (secondary N) is 2. The summed E-state index contributed by atoms with van der Waals surface area (Å²) in [7, 11) is -2.50. The number of nitro groups is 1. The van der Waals surface area contributed by atoms with Crippen LogP contribution in [0.15, 0.2) is 52.5 Å². The molecule has 2 aromatic carbocycles. The zero-order valence-corrected chi connectivity index (χ0v) is 19.0. The second kappa shape index (κ2) is 8.33. The first kappa shape index (κ1) is 21.7. The van der Waals surface area contributed by atoms with E-state index in [-0.39, 0.29) is 16.3 Å². The Hall–Kier alpha value is -3.14. The maximum atomic E-state index is 12.8. The smallest absolute Gasteiger partial charge is 0.295 e. The van der Waals surface area contributed by atoms with Crippen LogP contribution in [0.4, 0.5) is 17.1 Å². The van der Waals surface area contributed by atoms with Gasteiger partial charge >= 0.3 is 0 Å². The molecule has 174 valence electrons. The standard InChI is InChI=1S/C23H26N4O5S/c1-32-19-4-2-18(3-5-19)26-33(30,31)20-6-7-21(22(13-20)27(28)29)24-25-23-16-9-14-8-15(11-16)12-17(23)10-14/h2-7,13-17,24,26H,8-12H2,1H3. The summed E-state index contributed by atoms with van der Waals surface area (Å²) in [5.74, 6) is 3.10. The van der Waals surface area contributed by atoms with Crippen LogP contribution in [0.3, 0.4) is 0 Å². The van der Waals surface area contributed by atoms with Crippen molar-refractivity contribution in [3.05, 3.63) is 52.6 Å². The van der Waals surface area contributed by atoms with E-state index < -0.39 is 14.9 Å². The molecule has 4 saturated carbocycles. The van der Waals surface area contributed by atoms with E-state index in [1.54, 1.807) is 24.3 Å². The predicted octanol–water partition coefficient (Wildman–Crippen LogP) is 4.63. The molecule has 33 heavy (non-hydrogen) atoms. The van der Waals surface area contributed by atoms with Crippen LogP contribution in [0.5, 0.6) is 5.75 Å². The number of benzene rings is 2. The van der Waals surface area contributed by atoms with Gasteiger partial charge in [0, 0.05) is 17.5 Å². The molecule has 6 rings (SSSR count). The van der Waals surface area contributed by atoms with Crippen molar-refractivity contribution >= 4 is 32.8 Å². The molecule has 2 N–H and O–H groups in total. The summed E-state index contributed by atoms with van der Waals surface area (Å²) in [5, 5.41) is 16.3. The van der Waals surface area contributed by atoms with Crippen molar-refractivity contribution in [1.82, 2.24) is 0 Å². The Labute approximate surface area is 192 Å². The highest BCUT2D eigenvalue weighted by Crippen LogP contribution is 2.52. The van der Waals surface area contributed by atoms with Crippen molar-refractivity contribution in [3.8, 4) is 5.75 Å². The molecule has 4 fully saturated rings. The third-order valence-electron chi connectivity index (χ3n) is 7.10. The second-order valence-electron chi connectivity index (χ2n) is 9.22. The monoisotopic (exact) mass is 470 g/mol. The topological polar surface area (TPSA) is 123 Å². The van der Waals surface area contributed by atoms with Gasteiger partial charge in [0.15, 0.2) is 0 Å². The molecule has 0 aliphatic heterocycles. The van der Waals surface area contributed by atoms with Gasteiger partial charge in [-0.1, -0.05) is 0 Å². The summed E-state index contributed by atoms with van der Waals surface area (Å²) in [4.78, 5) is 10.9. The molecular formula is C23H26N4O5S. The number of nitrogens with zero attached hydrogens (tertiary/aromatic N) is 2. The van der Waals surface area contributed by atoms with Crippen molar-refractivity contribution in [2.45, 2.75) is 37.0 Å². The number of nitro benzene ring substituents is 1. The van der Waals surface area contributed by atoms with Gasteiger partial charge in [0.25, 0.3) is 15.7 Å². The van der Waals surface area contributed by atoms with Gasteiger partial charge in [0.1, 0.15) is 11.4 Å². The van der Waals surface area contributed by atoms with Crippen molar-refractivity contribution in [1.29, 1.82) is 0 Å². The van der Waals surface area contributed by atoms with Gasteiger partial charge in [-0.25, -0.2) is 8.42 Å². The van der Waals surface area contributed by atoms with Crippen molar-refractivity contribution in [2.24, 2.45) is 28.8 Å². The van der Waals surface area contributed by atoms with Crippen LogP contribution in [0.2, 0.25) is 0 Å². The van der Waals surface area contributed by atoms with E-state index in [2.05, 4.69) is 15.2 Å². The minimum atomic E-state index is -4.01. The normalized spacial score (nSPS) is 25.5. The van der Waals surface area contributed by atoms with Gasteiger partial charge in [-0.05, 0) is 92.2 Å². The number of methoxy groups -OCH3 is 1. The Morgan fingerprint density at radius 3 is 2.21 bits per heavy atom. The van der Waals surface area contributed by atoms with E-state index in [1.165, 1.54) is 25.7 Å². The molecular weight excluding hydrogens is 444 g/mol. The summed E-state index contributed by atoms with van der Waals surface area (Å²) in [6.45, 7) is 0.